The van der Waals surface area contributed by atoms with Crippen molar-refractivity contribution in [3.05, 3.63) is 59.7 Å². The molecule has 0 fully saturated rings. The molecule has 2 aromatic carbocycles. The van der Waals surface area contributed by atoms with Crippen LogP contribution in [0.1, 0.15) is 16.8 Å². The van der Waals surface area contributed by atoms with Gasteiger partial charge in [-0.25, -0.2) is 4.98 Å². The standard InChI is InChI=1S/C18H21NO4.C6H10N4O/c1-20-15-8-7-12(9-14(15)19)5-6-13-10-16(21-2)18(23-4)17(11-13)22-3;7-5(6(8)11)1-4-2-9-3-10-4/h5-11H,19H2,1-4H3;2-3,5H,1,7H2,(H2,8,11)(H,9,10)/t;5-/m.0/s1. The molecule has 0 aliphatic carbocycles. The Morgan fingerprint density at radius 1 is 0.971 bits per heavy atom. The monoisotopic (exact) mass is 469 g/mol. The van der Waals surface area contributed by atoms with Crippen LogP contribution >= 0.6 is 0 Å². The Bertz CT molecular complexity index is 1070. The summed E-state index contributed by atoms with van der Waals surface area (Å²) in [7, 11) is 6.36. The number of carbonyl (C=O) groups is 1. The molecule has 1 atom stereocenters. The second kappa shape index (κ2) is 12.8. The number of methoxy groups -OCH3 is 4. The predicted octanol–water partition coefficient (Wildman–Crippen LogP) is 2.24. The van der Waals surface area contributed by atoms with Crippen LogP contribution in [0.3, 0.4) is 0 Å². The van der Waals surface area contributed by atoms with Crippen LogP contribution in [0.2, 0.25) is 0 Å². The van der Waals surface area contributed by atoms with E-state index in [1.165, 1.54) is 6.33 Å². The second-order valence-electron chi connectivity index (χ2n) is 7.07. The number of nitrogen functional groups attached to an aromatic ring is 1. The third-order valence-electron chi connectivity index (χ3n) is 4.76. The number of aromatic nitrogens is 2. The lowest BCUT2D eigenvalue weighted by atomic mass is 10.1. The highest BCUT2D eigenvalue weighted by Crippen LogP contribution is 2.38. The van der Waals surface area contributed by atoms with Crippen molar-refractivity contribution in [2.24, 2.45) is 11.5 Å². The molecular formula is C24H31N5O5. The number of hydrogen-bond acceptors (Lipinski definition) is 8. The Labute approximate surface area is 198 Å². The van der Waals surface area contributed by atoms with Crippen LogP contribution < -0.4 is 36.1 Å². The zero-order valence-electron chi connectivity index (χ0n) is 19.7. The molecule has 0 saturated heterocycles. The third kappa shape index (κ3) is 7.17. The summed E-state index contributed by atoms with van der Waals surface area (Å²) in [6.45, 7) is 0. The number of anilines is 1. The van der Waals surface area contributed by atoms with Crippen LogP contribution in [0.25, 0.3) is 12.2 Å². The molecule has 1 aromatic heterocycles. The number of imidazole rings is 1. The van der Waals surface area contributed by atoms with Crippen molar-refractivity contribution in [3.63, 3.8) is 0 Å². The number of nitrogens with two attached hydrogens (primary N) is 3. The molecular weight excluding hydrogens is 438 g/mol. The van der Waals surface area contributed by atoms with Gasteiger partial charge in [0.2, 0.25) is 11.7 Å². The molecule has 7 N–H and O–H groups in total. The Morgan fingerprint density at radius 3 is 2.06 bits per heavy atom. The molecule has 3 aromatic rings. The van der Waals surface area contributed by atoms with Crippen LogP contribution in [-0.4, -0.2) is 50.4 Å². The number of ether oxygens (including phenoxy) is 4. The van der Waals surface area contributed by atoms with E-state index in [0.29, 0.717) is 35.1 Å². The fraction of sp³-hybridized carbons (Fsp3) is 0.250. The second-order valence-corrected chi connectivity index (χ2v) is 7.07. The van der Waals surface area contributed by atoms with E-state index in [2.05, 4.69) is 9.97 Å². The summed E-state index contributed by atoms with van der Waals surface area (Å²) in [5.74, 6) is 1.95. The van der Waals surface area contributed by atoms with E-state index in [1.807, 2.05) is 42.5 Å². The maximum atomic E-state index is 10.5. The van der Waals surface area contributed by atoms with Gasteiger partial charge in [0.05, 0.1) is 52.2 Å². The SMILES string of the molecule is COc1ccc(C=Cc2cc(OC)c(OC)c(OC)c2)cc1N.NC(=O)[C@@H](N)Cc1c[nH]cn1. The quantitative estimate of drug-likeness (QED) is 0.274. The largest absolute Gasteiger partial charge is 0.495 e. The number of carbonyl (C=O) groups excluding carboxylic acids is 1. The minimum absolute atomic E-state index is 0.388. The molecule has 1 amide bonds. The Morgan fingerprint density at radius 2 is 1.59 bits per heavy atom. The fourth-order valence-electron chi connectivity index (χ4n) is 2.97. The van der Waals surface area contributed by atoms with Crippen LogP contribution in [0.5, 0.6) is 23.0 Å². The zero-order valence-corrected chi connectivity index (χ0v) is 19.7. The van der Waals surface area contributed by atoms with Gasteiger partial charge in [0.1, 0.15) is 5.75 Å². The molecule has 0 radical (unpaired) electrons. The van der Waals surface area contributed by atoms with E-state index < -0.39 is 11.9 Å². The van der Waals surface area contributed by atoms with Gasteiger partial charge < -0.3 is 41.1 Å². The van der Waals surface area contributed by atoms with Gasteiger partial charge in [-0.1, -0.05) is 18.2 Å². The van der Waals surface area contributed by atoms with Crippen LogP contribution in [-0.2, 0) is 11.2 Å². The summed E-state index contributed by atoms with van der Waals surface area (Å²) in [5, 5.41) is 0. The summed E-state index contributed by atoms with van der Waals surface area (Å²) in [6.07, 6.45) is 7.51. The molecule has 0 saturated carbocycles. The Balaban J connectivity index is 0.000000310. The third-order valence-corrected chi connectivity index (χ3v) is 4.76. The Hall–Kier alpha value is -4.18. The first-order chi connectivity index (χ1) is 16.3. The number of rotatable bonds is 9. The van der Waals surface area contributed by atoms with Crippen LogP contribution in [0, 0.1) is 0 Å². The molecule has 182 valence electrons. The minimum Gasteiger partial charge on any atom is -0.495 e. The molecule has 34 heavy (non-hydrogen) atoms. The van der Waals surface area contributed by atoms with Crippen molar-refractivity contribution < 1.29 is 23.7 Å². The van der Waals surface area contributed by atoms with Gasteiger partial charge in [-0.3, -0.25) is 4.79 Å². The molecule has 3 rings (SSSR count). The van der Waals surface area contributed by atoms with Crippen molar-refractivity contribution in [3.8, 4) is 23.0 Å². The molecule has 1 heterocycles. The van der Waals surface area contributed by atoms with E-state index in [9.17, 15) is 4.79 Å². The lowest BCUT2D eigenvalue weighted by Gasteiger charge is -2.12. The fourth-order valence-corrected chi connectivity index (χ4v) is 2.97. The van der Waals surface area contributed by atoms with Gasteiger partial charge in [-0.05, 0) is 35.4 Å². The average molecular weight is 470 g/mol. The van der Waals surface area contributed by atoms with Crippen molar-refractivity contribution in [2.75, 3.05) is 34.2 Å². The van der Waals surface area contributed by atoms with E-state index in [0.717, 1.165) is 16.8 Å². The van der Waals surface area contributed by atoms with Gasteiger partial charge in [0.25, 0.3) is 0 Å². The van der Waals surface area contributed by atoms with Gasteiger partial charge in [0.15, 0.2) is 11.5 Å². The summed E-state index contributed by atoms with van der Waals surface area (Å²) in [4.78, 5) is 17.1. The molecule has 0 unspecified atom stereocenters. The Kier molecular flexibility index (Phi) is 9.78. The average Bonchev–Trinajstić information content (AvgIpc) is 3.35. The maximum Gasteiger partial charge on any atom is 0.234 e. The maximum absolute atomic E-state index is 10.5. The van der Waals surface area contributed by atoms with Crippen molar-refractivity contribution >= 4 is 23.7 Å². The number of hydrogen-bond donors (Lipinski definition) is 4. The van der Waals surface area contributed by atoms with Gasteiger partial charge in [-0.2, -0.15) is 0 Å². The lowest BCUT2D eigenvalue weighted by Crippen LogP contribution is -2.38. The highest BCUT2D eigenvalue weighted by atomic mass is 16.5. The highest BCUT2D eigenvalue weighted by Gasteiger charge is 2.12. The number of primary amides is 1. The topological polar surface area (TPSA) is 161 Å². The van der Waals surface area contributed by atoms with Crippen molar-refractivity contribution in [1.82, 2.24) is 9.97 Å². The first-order valence-corrected chi connectivity index (χ1v) is 10.3. The van der Waals surface area contributed by atoms with E-state index in [4.69, 9.17) is 36.1 Å². The number of aromatic amines is 1. The number of H-pyrrole nitrogens is 1. The number of amides is 1. The zero-order chi connectivity index (χ0) is 25.1. The summed E-state index contributed by atoms with van der Waals surface area (Å²) in [6, 6.07) is 8.75. The molecule has 0 aliphatic rings. The van der Waals surface area contributed by atoms with E-state index in [-0.39, 0.29) is 0 Å². The van der Waals surface area contributed by atoms with Gasteiger partial charge >= 0.3 is 0 Å². The van der Waals surface area contributed by atoms with E-state index >= 15 is 0 Å². The normalized spacial score (nSPS) is 11.3. The highest BCUT2D eigenvalue weighted by molar-refractivity contribution is 5.79. The van der Waals surface area contributed by atoms with Gasteiger partial charge in [-0.15, -0.1) is 0 Å². The number of nitrogens with zero attached hydrogens (tertiary/aromatic N) is 1. The summed E-state index contributed by atoms with van der Waals surface area (Å²) in [5.41, 5.74) is 19.5. The predicted molar refractivity (Wildman–Crippen MR) is 132 cm³/mol. The minimum atomic E-state index is -0.640. The molecule has 10 heteroatoms. The van der Waals surface area contributed by atoms with Crippen molar-refractivity contribution in [1.29, 1.82) is 0 Å². The molecule has 10 nitrogen and oxygen atoms in total. The van der Waals surface area contributed by atoms with Gasteiger partial charge in [0, 0.05) is 12.6 Å². The summed E-state index contributed by atoms with van der Waals surface area (Å²) < 4.78 is 21.2. The summed E-state index contributed by atoms with van der Waals surface area (Å²) >= 11 is 0. The number of benzene rings is 2. The van der Waals surface area contributed by atoms with Crippen molar-refractivity contribution in [2.45, 2.75) is 12.5 Å². The first kappa shape index (κ1) is 26.1. The smallest absolute Gasteiger partial charge is 0.234 e. The van der Waals surface area contributed by atoms with E-state index in [1.54, 1.807) is 34.6 Å². The van der Waals surface area contributed by atoms with Crippen LogP contribution in [0.15, 0.2) is 42.9 Å². The molecule has 0 bridgehead atoms. The lowest BCUT2D eigenvalue weighted by molar-refractivity contribution is -0.119. The molecule has 0 spiro atoms. The first-order valence-electron chi connectivity index (χ1n) is 10.3. The number of nitrogens with one attached hydrogen (secondary N) is 1. The molecule has 0 aliphatic heterocycles. The van der Waals surface area contributed by atoms with Crippen LogP contribution in [0.4, 0.5) is 5.69 Å².